The maximum absolute atomic E-state index is 12.3. The van der Waals surface area contributed by atoms with Crippen LogP contribution in [0.2, 0.25) is 0 Å². The van der Waals surface area contributed by atoms with Crippen molar-refractivity contribution < 1.29 is 9.53 Å². The molecule has 2 aromatic rings. The van der Waals surface area contributed by atoms with Gasteiger partial charge in [-0.05, 0) is 29.8 Å². The molecule has 0 saturated carbocycles. The summed E-state index contributed by atoms with van der Waals surface area (Å²) in [6.07, 6.45) is 4.31. The van der Waals surface area contributed by atoms with Gasteiger partial charge in [-0.1, -0.05) is 0 Å². The Labute approximate surface area is 136 Å². The Morgan fingerprint density at radius 2 is 2.41 bits per heavy atom. The predicted octanol–water partition coefficient (Wildman–Crippen LogP) is 1.82. The number of aromatic nitrogens is 4. The van der Waals surface area contributed by atoms with Gasteiger partial charge in [0.15, 0.2) is 5.69 Å². The number of hydrogen-bond acceptors (Lipinski definition) is 4. The smallest absolute Gasteiger partial charge is 0.272 e. The zero-order valence-corrected chi connectivity index (χ0v) is 14.1. The summed E-state index contributed by atoms with van der Waals surface area (Å²) < 4.78 is 8.41. The van der Waals surface area contributed by atoms with E-state index in [4.69, 9.17) is 4.74 Å². The fourth-order valence-electron chi connectivity index (χ4n) is 2.69. The van der Waals surface area contributed by atoms with Crippen molar-refractivity contribution in [3.63, 3.8) is 0 Å². The van der Waals surface area contributed by atoms with E-state index in [1.54, 1.807) is 10.9 Å². The molecule has 1 amide bonds. The molecule has 0 fully saturated rings. The third-order valence-electron chi connectivity index (χ3n) is 3.68. The van der Waals surface area contributed by atoms with Gasteiger partial charge in [-0.2, -0.15) is 10.2 Å². The van der Waals surface area contributed by atoms with Crippen LogP contribution in [0.15, 0.2) is 16.9 Å². The Kier molecular flexibility index (Phi) is 4.30. The summed E-state index contributed by atoms with van der Waals surface area (Å²) in [6.45, 7) is 5.07. The molecule has 3 heterocycles. The second-order valence-corrected chi connectivity index (χ2v) is 6.35. The minimum absolute atomic E-state index is 0.0609. The van der Waals surface area contributed by atoms with Crippen LogP contribution in [0.5, 0.6) is 0 Å². The zero-order chi connectivity index (χ0) is 15.7. The Bertz CT molecular complexity index is 681. The molecule has 0 aliphatic carbocycles. The Morgan fingerprint density at radius 1 is 1.59 bits per heavy atom. The summed E-state index contributed by atoms with van der Waals surface area (Å²) in [5.74, 6) is -0.162. The van der Waals surface area contributed by atoms with Gasteiger partial charge in [-0.25, -0.2) is 0 Å². The van der Waals surface area contributed by atoms with Crippen LogP contribution >= 0.6 is 15.9 Å². The van der Waals surface area contributed by atoms with E-state index in [0.29, 0.717) is 25.2 Å². The van der Waals surface area contributed by atoms with Gasteiger partial charge < -0.3 is 10.1 Å². The van der Waals surface area contributed by atoms with Crippen molar-refractivity contribution in [2.45, 2.75) is 39.0 Å². The zero-order valence-electron chi connectivity index (χ0n) is 12.5. The molecular weight excluding hydrogens is 350 g/mol. The average Bonchev–Trinajstić information content (AvgIpc) is 3.05. The van der Waals surface area contributed by atoms with Gasteiger partial charge >= 0.3 is 0 Å². The fourth-order valence-corrected chi connectivity index (χ4v) is 3.02. The first-order chi connectivity index (χ1) is 10.5. The first kappa shape index (κ1) is 15.2. The van der Waals surface area contributed by atoms with Crippen molar-refractivity contribution >= 4 is 21.8 Å². The first-order valence-electron chi connectivity index (χ1n) is 7.23. The lowest BCUT2D eigenvalue weighted by Gasteiger charge is -2.25. The number of ether oxygens (including phenoxy) is 1. The van der Waals surface area contributed by atoms with Crippen LogP contribution in [0.25, 0.3) is 0 Å². The molecular formula is C14H18BrN5O2. The SMILES string of the molecule is C[C@@H]1Cc2c(C(=O)NCCn3cc(Br)cn3)n[nH]c2[C@H](C)O1. The van der Waals surface area contributed by atoms with Crippen molar-refractivity contribution in [2.75, 3.05) is 6.54 Å². The van der Waals surface area contributed by atoms with Crippen LogP contribution in [-0.2, 0) is 17.7 Å². The number of nitrogens with zero attached hydrogens (tertiary/aromatic N) is 3. The molecule has 22 heavy (non-hydrogen) atoms. The molecule has 2 atom stereocenters. The largest absolute Gasteiger partial charge is 0.369 e. The normalized spacial score (nSPS) is 20.7. The highest BCUT2D eigenvalue weighted by Gasteiger charge is 2.29. The molecule has 1 aliphatic rings. The van der Waals surface area contributed by atoms with E-state index in [1.807, 2.05) is 20.0 Å². The lowest BCUT2D eigenvalue weighted by atomic mass is 9.99. The van der Waals surface area contributed by atoms with Crippen molar-refractivity contribution in [3.8, 4) is 0 Å². The van der Waals surface area contributed by atoms with E-state index in [1.165, 1.54) is 0 Å². The Morgan fingerprint density at radius 3 is 3.14 bits per heavy atom. The lowest BCUT2D eigenvalue weighted by Crippen LogP contribution is -2.30. The van der Waals surface area contributed by atoms with Crippen molar-refractivity contribution in [2.24, 2.45) is 0 Å². The van der Waals surface area contributed by atoms with Gasteiger partial charge in [0.2, 0.25) is 0 Å². The number of H-pyrrole nitrogens is 1. The van der Waals surface area contributed by atoms with E-state index >= 15 is 0 Å². The van der Waals surface area contributed by atoms with Crippen molar-refractivity contribution in [1.82, 2.24) is 25.3 Å². The molecule has 2 N–H and O–H groups in total. The molecule has 0 spiro atoms. The molecule has 3 rings (SSSR count). The first-order valence-corrected chi connectivity index (χ1v) is 8.02. The van der Waals surface area contributed by atoms with Crippen LogP contribution in [0.3, 0.4) is 0 Å². The third-order valence-corrected chi connectivity index (χ3v) is 4.09. The summed E-state index contributed by atoms with van der Waals surface area (Å²) in [5.41, 5.74) is 2.34. The van der Waals surface area contributed by atoms with Crippen molar-refractivity contribution in [1.29, 1.82) is 0 Å². The Balaban J connectivity index is 1.63. The van der Waals surface area contributed by atoms with Gasteiger partial charge in [0.25, 0.3) is 5.91 Å². The minimum atomic E-state index is -0.162. The summed E-state index contributed by atoms with van der Waals surface area (Å²) in [4.78, 5) is 12.3. The standard InChI is InChI=1S/C14H18BrN5O2/c1-8-5-11-12(9(2)22-8)18-19-13(11)14(21)16-3-4-20-7-10(15)6-17-20/h6-9H,3-5H2,1-2H3,(H,16,21)(H,18,19)/t8-,9+/m1/s1. The highest BCUT2D eigenvalue weighted by molar-refractivity contribution is 9.10. The van der Waals surface area contributed by atoms with Crippen LogP contribution in [-0.4, -0.2) is 38.5 Å². The van der Waals surface area contributed by atoms with Gasteiger partial charge in [0.05, 0.1) is 35.1 Å². The molecule has 0 aromatic carbocycles. The van der Waals surface area contributed by atoms with Gasteiger partial charge in [-0.3, -0.25) is 14.6 Å². The number of hydrogen-bond donors (Lipinski definition) is 2. The van der Waals surface area contributed by atoms with E-state index in [2.05, 4.69) is 36.5 Å². The van der Waals surface area contributed by atoms with Gasteiger partial charge in [0, 0.05) is 24.7 Å². The molecule has 0 bridgehead atoms. The molecule has 2 aromatic heterocycles. The Hall–Kier alpha value is -1.67. The summed E-state index contributed by atoms with van der Waals surface area (Å²) in [6, 6.07) is 0. The number of halogens is 1. The monoisotopic (exact) mass is 367 g/mol. The number of carbonyl (C=O) groups excluding carboxylic acids is 1. The molecule has 0 saturated heterocycles. The molecule has 0 radical (unpaired) electrons. The number of nitrogens with one attached hydrogen (secondary N) is 2. The third kappa shape index (κ3) is 3.07. The molecule has 118 valence electrons. The van der Waals surface area contributed by atoms with Crippen LogP contribution in [0.1, 0.15) is 41.7 Å². The van der Waals surface area contributed by atoms with Crippen LogP contribution in [0.4, 0.5) is 0 Å². The number of fused-ring (bicyclic) bond motifs is 1. The van der Waals surface area contributed by atoms with E-state index in [0.717, 1.165) is 15.7 Å². The van der Waals surface area contributed by atoms with E-state index in [9.17, 15) is 4.79 Å². The second kappa shape index (κ2) is 6.21. The maximum Gasteiger partial charge on any atom is 0.272 e. The van der Waals surface area contributed by atoms with Crippen molar-refractivity contribution in [3.05, 3.63) is 33.8 Å². The second-order valence-electron chi connectivity index (χ2n) is 5.44. The maximum atomic E-state index is 12.3. The number of aromatic amines is 1. The quantitative estimate of drug-likeness (QED) is 0.862. The predicted molar refractivity (Wildman–Crippen MR) is 83.5 cm³/mol. The van der Waals surface area contributed by atoms with E-state index < -0.39 is 0 Å². The molecule has 0 unspecified atom stereocenters. The number of rotatable bonds is 4. The molecule has 7 nitrogen and oxygen atoms in total. The summed E-state index contributed by atoms with van der Waals surface area (Å²) in [5, 5.41) is 14.1. The average molecular weight is 368 g/mol. The van der Waals surface area contributed by atoms with Crippen LogP contribution in [0, 0.1) is 0 Å². The number of amides is 1. The van der Waals surface area contributed by atoms with Crippen LogP contribution < -0.4 is 5.32 Å². The summed E-state index contributed by atoms with van der Waals surface area (Å²) in [7, 11) is 0. The van der Waals surface area contributed by atoms with Gasteiger partial charge in [-0.15, -0.1) is 0 Å². The highest BCUT2D eigenvalue weighted by Crippen LogP contribution is 2.29. The topological polar surface area (TPSA) is 84.8 Å². The highest BCUT2D eigenvalue weighted by atomic mass is 79.9. The molecule has 8 heteroatoms. The lowest BCUT2D eigenvalue weighted by molar-refractivity contribution is -0.00697. The number of carbonyl (C=O) groups is 1. The fraction of sp³-hybridized carbons (Fsp3) is 0.500. The minimum Gasteiger partial charge on any atom is -0.369 e. The molecule has 1 aliphatic heterocycles. The van der Waals surface area contributed by atoms with E-state index in [-0.39, 0.29) is 18.1 Å². The summed E-state index contributed by atoms with van der Waals surface area (Å²) >= 11 is 3.34. The van der Waals surface area contributed by atoms with Gasteiger partial charge in [0.1, 0.15) is 0 Å².